The van der Waals surface area contributed by atoms with Crippen molar-refractivity contribution in [2.45, 2.75) is 28.9 Å². The van der Waals surface area contributed by atoms with Gasteiger partial charge in [0.15, 0.2) is 6.10 Å². The zero-order valence-corrected chi connectivity index (χ0v) is 27.8. The van der Waals surface area contributed by atoms with Crippen molar-refractivity contribution in [2.75, 3.05) is 11.5 Å². The van der Waals surface area contributed by atoms with Gasteiger partial charge in [-0.05, 0) is 44.8 Å². The Bertz CT molecular complexity index is 1900. The number of alkyl carbamates (subject to hydrolysis) is 1. The number of hydrogen-bond donors (Lipinski definition) is 2. The Kier molecular flexibility index (Phi) is 10.1. The van der Waals surface area contributed by atoms with Crippen LogP contribution in [0.1, 0.15) is 22.8 Å². The van der Waals surface area contributed by atoms with Crippen LogP contribution in [-0.2, 0) is 37.5 Å². The number of carbonyl (C=O) groups is 4. The number of nitro groups is 1. The van der Waals surface area contributed by atoms with Crippen LogP contribution in [0.25, 0.3) is 0 Å². The Balaban J connectivity index is 1.27. The fourth-order valence-corrected chi connectivity index (χ4v) is 7.81. The summed E-state index contributed by atoms with van der Waals surface area (Å²) < 4.78 is 12.9. The molecule has 16 nitrogen and oxygen atoms in total. The van der Waals surface area contributed by atoms with Gasteiger partial charge in [-0.3, -0.25) is 29.9 Å². The van der Waals surface area contributed by atoms with Crippen molar-refractivity contribution >= 4 is 53.6 Å². The third-order valence-corrected chi connectivity index (χ3v) is 10.3. The number of benzene rings is 3. The van der Waals surface area contributed by atoms with Gasteiger partial charge in [-0.15, -0.1) is 16.9 Å². The average Bonchev–Trinajstić information content (AvgIpc) is 3.56. The van der Waals surface area contributed by atoms with E-state index in [1.807, 2.05) is 60.7 Å². The molecule has 18 heteroatoms. The third-order valence-electron chi connectivity index (χ3n) is 7.83. The standard InChI is InChI=1S/C32H28N8O8S2/c1-38-30(35-36-37-38)50-18-23-17-49-29-32(33-19-41,34-31(44)47-16-20-12-14-24(15-13-20)40(45)46)28(43)39(29)25(23)27(42)48-26(21-8-4-2-5-9-21)22-10-6-3-7-11-22/h2-15,19,26,29H,16-18H2,1H3,(H,33,41)(H,34,44)/t29-,32+/m0/s1. The number of esters is 1. The smallest absolute Gasteiger partial charge is 0.409 e. The summed E-state index contributed by atoms with van der Waals surface area (Å²) in [5.74, 6) is -1.13. The molecule has 1 fully saturated rings. The molecule has 2 aliphatic heterocycles. The molecule has 0 saturated carbocycles. The number of rotatable bonds is 13. The van der Waals surface area contributed by atoms with E-state index in [0.717, 1.165) is 0 Å². The fraction of sp³-hybridized carbons (Fsp3) is 0.219. The molecular weight excluding hydrogens is 689 g/mol. The molecule has 3 amide bonds. The van der Waals surface area contributed by atoms with E-state index in [4.69, 9.17) is 9.47 Å². The molecular formula is C32H28N8O8S2. The van der Waals surface area contributed by atoms with Crippen LogP contribution < -0.4 is 10.6 Å². The number of nitro benzene ring substituents is 1. The van der Waals surface area contributed by atoms with E-state index < -0.39 is 40.0 Å². The van der Waals surface area contributed by atoms with Crippen LogP contribution >= 0.6 is 23.5 Å². The lowest BCUT2D eigenvalue weighted by molar-refractivity contribution is -0.384. The van der Waals surface area contributed by atoms with Crippen molar-refractivity contribution < 1.29 is 33.6 Å². The summed E-state index contributed by atoms with van der Waals surface area (Å²) in [4.78, 5) is 64.7. The number of hydrogen-bond acceptors (Lipinski definition) is 13. The molecule has 50 heavy (non-hydrogen) atoms. The maximum absolute atomic E-state index is 14.3. The van der Waals surface area contributed by atoms with E-state index in [0.29, 0.717) is 27.4 Å². The van der Waals surface area contributed by atoms with E-state index in [1.165, 1.54) is 57.4 Å². The van der Waals surface area contributed by atoms with Crippen molar-refractivity contribution in [2.24, 2.45) is 7.05 Å². The molecule has 2 N–H and O–H groups in total. The first-order valence-electron chi connectivity index (χ1n) is 14.9. The first-order valence-corrected chi connectivity index (χ1v) is 17.0. The molecule has 3 aromatic carbocycles. The highest BCUT2D eigenvalue weighted by atomic mass is 32.2. The van der Waals surface area contributed by atoms with Crippen LogP contribution in [0.2, 0.25) is 0 Å². The molecule has 3 heterocycles. The number of thioether (sulfide) groups is 2. The number of tetrazole rings is 1. The van der Waals surface area contributed by atoms with Crippen molar-refractivity contribution in [3.63, 3.8) is 0 Å². The number of ether oxygens (including phenoxy) is 2. The molecule has 0 aliphatic carbocycles. The lowest BCUT2D eigenvalue weighted by Crippen LogP contribution is -2.85. The summed E-state index contributed by atoms with van der Waals surface area (Å²) in [6.07, 6.45) is -1.57. The Hall–Kier alpha value is -5.75. The number of β-lactam (4-membered cyclic amide) rings is 1. The Morgan fingerprint density at radius 2 is 1.76 bits per heavy atom. The molecule has 0 radical (unpaired) electrons. The van der Waals surface area contributed by atoms with Crippen molar-refractivity contribution in [1.82, 2.24) is 35.7 Å². The quantitative estimate of drug-likeness (QED) is 0.0389. The third kappa shape index (κ3) is 6.88. The normalized spacial score (nSPS) is 18.2. The second kappa shape index (κ2) is 14.8. The van der Waals surface area contributed by atoms with Crippen LogP contribution in [0.4, 0.5) is 10.5 Å². The second-order valence-electron chi connectivity index (χ2n) is 11.0. The molecule has 0 spiro atoms. The highest BCUT2D eigenvalue weighted by Crippen LogP contribution is 2.46. The summed E-state index contributed by atoms with van der Waals surface area (Å²) >= 11 is 2.48. The minimum Gasteiger partial charge on any atom is -0.448 e. The Morgan fingerprint density at radius 3 is 2.34 bits per heavy atom. The lowest BCUT2D eigenvalue weighted by Gasteiger charge is -2.56. The van der Waals surface area contributed by atoms with Gasteiger partial charge in [-0.1, -0.05) is 72.4 Å². The lowest BCUT2D eigenvalue weighted by atomic mass is 9.95. The number of nitrogens with zero attached hydrogens (tertiary/aromatic N) is 6. The van der Waals surface area contributed by atoms with Gasteiger partial charge in [0.25, 0.3) is 11.6 Å². The van der Waals surface area contributed by atoms with E-state index >= 15 is 0 Å². The topological polar surface area (TPSA) is 201 Å². The number of fused-ring (bicyclic) bond motifs is 1. The Labute approximate surface area is 292 Å². The van der Waals surface area contributed by atoms with E-state index in [1.54, 1.807) is 7.05 Å². The molecule has 256 valence electrons. The molecule has 6 rings (SSSR count). The number of amides is 3. The SMILES string of the molecule is Cn1nnnc1SCC1=C(C(=O)OC(c2ccccc2)c2ccccc2)N2C(=O)[C@@](NC=O)(NC(=O)OCc3ccc([N+](=O)[O-])cc3)[C@@H]2SC1. The number of nitrogens with one attached hydrogen (secondary N) is 2. The summed E-state index contributed by atoms with van der Waals surface area (Å²) in [6.45, 7) is -0.271. The maximum Gasteiger partial charge on any atom is 0.409 e. The van der Waals surface area contributed by atoms with Gasteiger partial charge >= 0.3 is 12.1 Å². The number of non-ortho nitro benzene ring substituents is 1. The van der Waals surface area contributed by atoms with Crippen LogP contribution in [0, 0.1) is 10.1 Å². The molecule has 4 aromatic rings. The van der Waals surface area contributed by atoms with E-state index in [2.05, 4.69) is 26.2 Å². The van der Waals surface area contributed by atoms with Crippen LogP contribution in [-0.4, -0.2) is 77.0 Å². The summed E-state index contributed by atoms with van der Waals surface area (Å²) in [6, 6.07) is 23.7. The van der Waals surface area contributed by atoms with Crippen molar-refractivity contribution in [3.8, 4) is 0 Å². The second-order valence-corrected chi connectivity index (χ2v) is 13.0. The van der Waals surface area contributed by atoms with Gasteiger partial charge in [0, 0.05) is 30.7 Å². The van der Waals surface area contributed by atoms with Crippen molar-refractivity contribution in [1.29, 1.82) is 0 Å². The van der Waals surface area contributed by atoms with Gasteiger partial charge in [0.1, 0.15) is 17.7 Å². The monoisotopic (exact) mass is 716 g/mol. The Morgan fingerprint density at radius 1 is 1.10 bits per heavy atom. The van der Waals surface area contributed by atoms with Gasteiger partial charge < -0.3 is 14.8 Å². The molecule has 2 atom stereocenters. The van der Waals surface area contributed by atoms with Crippen LogP contribution in [0.5, 0.6) is 0 Å². The highest BCUT2D eigenvalue weighted by molar-refractivity contribution is 8.01. The molecule has 1 aromatic heterocycles. The average molecular weight is 717 g/mol. The predicted molar refractivity (Wildman–Crippen MR) is 179 cm³/mol. The molecule has 1 saturated heterocycles. The number of aromatic nitrogens is 4. The summed E-state index contributed by atoms with van der Waals surface area (Å²) in [5.41, 5.74) is 0.320. The zero-order chi connectivity index (χ0) is 35.3. The first-order chi connectivity index (χ1) is 24.2. The van der Waals surface area contributed by atoms with E-state index in [9.17, 15) is 29.3 Å². The number of aryl methyl sites for hydroxylation is 1. The minimum atomic E-state index is -1.95. The highest BCUT2D eigenvalue weighted by Gasteiger charge is 2.66. The molecule has 0 unspecified atom stereocenters. The van der Waals surface area contributed by atoms with E-state index in [-0.39, 0.29) is 35.9 Å². The maximum atomic E-state index is 14.3. The fourth-order valence-electron chi connectivity index (χ4n) is 5.40. The van der Waals surface area contributed by atoms with Crippen LogP contribution in [0.15, 0.2) is 101 Å². The molecule has 0 bridgehead atoms. The number of carbonyl (C=O) groups excluding carboxylic acids is 4. The van der Waals surface area contributed by atoms with Crippen LogP contribution in [0.3, 0.4) is 0 Å². The predicted octanol–water partition coefficient (Wildman–Crippen LogP) is 3.08. The zero-order valence-electron chi connectivity index (χ0n) is 26.2. The van der Waals surface area contributed by atoms with Crippen molar-refractivity contribution in [3.05, 3.63) is 123 Å². The summed E-state index contributed by atoms with van der Waals surface area (Å²) in [7, 11) is 1.67. The molecule has 2 aliphatic rings. The van der Waals surface area contributed by atoms with Gasteiger partial charge in [0.2, 0.25) is 17.2 Å². The largest absolute Gasteiger partial charge is 0.448 e. The first kappa shape index (κ1) is 34.1. The minimum absolute atomic E-state index is 0.0254. The van der Waals surface area contributed by atoms with Gasteiger partial charge in [-0.2, -0.15) is 0 Å². The van der Waals surface area contributed by atoms with Gasteiger partial charge in [0.05, 0.1) is 4.92 Å². The summed E-state index contributed by atoms with van der Waals surface area (Å²) in [5, 5.41) is 26.9. The van der Waals surface area contributed by atoms with Gasteiger partial charge in [-0.25, -0.2) is 14.3 Å².